The molecular formula is C24H19N3. The van der Waals surface area contributed by atoms with Gasteiger partial charge in [0.2, 0.25) is 0 Å². The molecule has 27 heavy (non-hydrogen) atoms. The predicted octanol–water partition coefficient (Wildman–Crippen LogP) is 5.93. The van der Waals surface area contributed by atoms with Gasteiger partial charge in [-0.25, -0.2) is 0 Å². The van der Waals surface area contributed by atoms with Crippen LogP contribution in [0.3, 0.4) is 0 Å². The molecular weight excluding hydrogens is 330 g/mol. The molecule has 3 heterocycles. The first-order valence-corrected chi connectivity index (χ1v) is 9.32. The lowest BCUT2D eigenvalue weighted by atomic mass is 10.0. The van der Waals surface area contributed by atoms with Crippen LogP contribution in [0.4, 0.5) is 5.69 Å². The average Bonchev–Trinajstić information content (AvgIpc) is 3.25. The Kier molecular flexibility index (Phi) is 2.87. The van der Waals surface area contributed by atoms with Gasteiger partial charge in [0.05, 0.1) is 11.4 Å². The zero-order valence-electron chi connectivity index (χ0n) is 15.1. The molecule has 6 rings (SSSR count). The molecule has 1 aliphatic rings. The lowest BCUT2D eigenvalue weighted by Crippen LogP contribution is -2.19. The second kappa shape index (κ2) is 5.27. The van der Waals surface area contributed by atoms with Crippen molar-refractivity contribution < 1.29 is 0 Å². The molecule has 0 saturated heterocycles. The Hall–Kier alpha value is -3.46. The van der Waals surface area contributed by atoms with Gasteiger partial charge in [0.15, 0.2) is 0 Å². The van der Waals surface area contributed by atoms with E-state index in [1.54, 1.807) is 0 Å². The fourth-order valence-electron chi connectivity index (χ4n) is 4.36. The van der Waals surface area contributed by atoms with Crippen LogP contribution < -0.4 is 4.90 Å². The van der Waals surface area contributed by atoms with Crippen LogP contribution >= 0.6 is 0 Å². The van der Waals surface area contributed by atoms with Crippen LogP contribution in [0.1, 0.15) is 5.69 Å². The minimum atomic E-state index is 0.950. The maximum Gasteiger partial charge on any atom is 0.0700 e. The van der Waals surface area contributed by atoms with Gasteiger partial charge in [0.1, 0.15) is 0 Å². The van der Waals surface area contributed by atoms with Gasteiger partial charge in [0, 0.05) is 46.3 Å². The quantitative estimate of drug-likeness (QED) is 0.386. The van der Waals surface area contributed by atoms with E-state index in [0.29, 0.717) is 0 Å². The first-order valence-electron chi connectivity index (χ1n) is 9.32. The Balaban J connectivity index is 1.58. The molecule has 130 valence electrons. The third kappa shape index (κ3) is 2.08. The summed E-state index contributed by atoms with van der Waals surface area (Å²) in [6, 6.07) is 21.9. The molecule has 0 amide bonds. The van der Waals surface area contributed by atoms with Crippen molar-refractivity contribution >= 4 is 44.5 Å². The topological polar surface area (TPSA) is 34.8 Å². The van der Waals surface area contributed by atoms with Gasteiger partial charge in [-0.2, -0.15) is 0 Å². The third-order valence-electron chi connectivity index (χ3n) is 5.68. The summed E-state index contributed by atoms with van der Waals surface area (Å²) in [6.45, 7) is 0.950. The summed E-state index contributed by atoms with van der Waals surface area (Å²) in [5.74, 6) is 0. The summed E-state index contributed by atoms with van der Waals surface area (Å²) in [4.78, 5) is 9.36. The maximum absolute atomic E-state index is 3.54. The first-order chi connectivity index (χ1) is 13.3. The van der Waals surface area contributed by atoms with E-state index in [-0.39, 0.29) is 0 Å². The molecule has 0 aliphatic carbocycles. The highest BCUT2D eigenvalue weighted by Crippen LogP contribution is 2.37. The van der Waals surface area contributed by atoms with E-state index >= 15 is 0 Å². The van der Waals surface area contributed by atoms with E-state index in [2.05, 4.69) is 94.7 Å². The van der Waals surface area contributed by atoms with Gasteiger partial charge in [0.25, 0.3) is 0 Å². The van der Waals surface area contributed by atoms with Crippen molar-refractivity contribution in [3.63, 3.8) is 0 Å². The molecule has 2 aromatic heterocycles. The minimum absolute atomic E-state index is 0.950. The van der Waals surface area contributed by atoms with E-state index < -0.39 is 0 Å². The molecule has 0 spiro atoms. The third-order valence-corrected chi connectivity index (χ3v) is 5.68. The SMILES string of the molecule is CN1CC=Cc2[nH]c3ccc(-c4ccc5[nH]c6ccccc6c5c4)cc3c21. The van der Waals surface area contributed by atoms with Crippen molar-refractivity contribution in [3.8, 4) is 11.1 Å². The summed E-state index contributed by atoms with van der Waals surface area (Å²) in [7, 11) is 2.15. The summed E-state index contributed by atoms with van der Waals surface area (Å²) in [6.07, 6.45) is 4.39. The van der Waals surface area contributed by atoms with E-state index in [1.807, 2.05) is 0 Å². The lowest BCUT2D eigenvalue weighted by molar-refractivity contribution is 1.02. The number of nitrogens with zero attached hydrogens (tertiary/aromatic N) is 1. The van der Waals surface area contributed by atoms with Crippen LogP contribution in [0.2, 0.25) is 0 Å². The standard InChI is InChI=1S/C24H19N3/c1-27-12-4-7-23-24(27)19-14-16(9-11-22(19)26-23)15-8-10-21-18(13-15)17-5-2-3-6-20(17)25-21/h2-11,13-14,25-26H,12H2,1H3. The van der Waals surface area contributed by atoms with E-state index in [0.717, 1.165) is 6.54 Å². The molecule has 3 nitrogen and oxygen atoms in total. The highest BCUT2D eigenvalue weighted by Gasteiger charge is 2.16. The van der Waals surface area contributed by atoms with Crippen LogP contribution in [-0.4, -0.2) is 23.6 Å². The van der Waals surface area contributed by atoms with Crippen molar-refractivity contribution in [1.29, 1.82) is 0 Å². The summed E-state index contributed by atoms with van der Waals surface area (Å²) in [5, 5.41) is 3.84. The zero-order valence-corrected chi connectivity index (χ0v) is 15.1. The smallest absolute Gasteiger partial charge is 0.0700 e. The molecule has 0 radical (unpaired) electrons. The van der Waals surface area contributed by atoms with Gasteiger partial charge in [-0.3, -0.25) is 0 Å². The van der Waals surface area contributed by atoms with Gasteiger partial charge < -0.3 is 14.9 Å². The highest BCUT2D eigenvalue weighted by atomic mass is 15.1. The number of H-pyrrole nitrogens is 2. The Morgan fingerprint density at radius 2 is 1.44 bits per heavy atom. The van der Waals surface area contributed by atoms with Gasteiger partial charge in [-0.15, -0.1) is 0 Å². The largest absolute Gasteiger partial charge is 0.369 e. The zero-order chi connectivity index (χ0) is 18.0. The number of nitrogens with one attached hydrogen (secondary N) is 2. The van der Waals surface area contributed by atoms with E-state index in [9.17, 15) is 0 Å². The van der Waals surface area contributed by atoms with Crippen molar-refractivity contribution in [2.24, 2.45) is 0 Å². The number of aromatic amines is 2. The Bertz CT molecular complexity index is 1370. The van der Waals surface area contributed by atoms with Crippen LogP contribution in [0, 0.1) is 0 Å². The van der Waals surface area contributed by atoms with Crippen LogP contribution in [0.15, 0.2) is 66.7 Å². The summed E-state index contributed by atoms with van der Waals surface area (Å²) in [5.41, 5.74) is 8.55. The molecule has 0 bridgehead atoms. The number of fused-ring (bicyclic) bond motifs is 6. The molecule has 2 N–H and O–H groups in total. The normalized spacial score (nSPS) is 13.7. The van der Waals surface area contributed by atoms with Gasteiger partial charge in [-0.05, 0) is 47.5 Å². The number of aromatic nitrogens is 2. The molecule has 5 aromatic rings. The second-order valence-electron chi connectivity index (χ2n) is 7.36. The van der Waals surface area contributed by atoms with Crippen molar-refractivity contribution in [2.45, 2.75) is 0 Å². The number of anilines is 1. The van der Waals surface area contributed by atoms with Crippen molar-refractivity contribution in [2.75, 3.05) is 18.5 Å². The minimum Gasteiger partial charge on any atom is -0.369 e. The number of rotatable bonds is 1. The molecule has 0 atom stereocenters. The Morgan fingerprint density at radius 1 is 0.741 bits per heavy atom. The Labute approximate surface area is 156 Å². The second-order valence-corrected chi connectivity index (χ2v) is 7.36. The van der Waals surface area contributed by atoms with Crippen LogP contribution in [0.5, 0.6) is 0 Å². The summed E-state index contributed by atoms with van der Waals surface area (Å²) < 4.78 is 0. The van der Waals surface area contributed by atoms with Crippen LogP contribution in [-0.2, 0) is 0 Å². The summed E-state index contributed by atoms with van der Waals surface area (Å²) >= 11 is 0. The maximum atomic E-state index is 3.54. The van der Waals surface area contributed by atoms with Crippen molar-refractivity contribution in [1.82, 2.24) is 9.97 Å². The lowest BCUT2D eigenvalue weighted by Gasteiger charge is -2.21. The van der Waals surface area contributed by atoms with Gasteiger partial charge >= 0.3 is 0 Å². The number of benzene rings is 3. The van der Waals surface area contributed by atoms with Gasteiger partial charge in [-0.1, -0.05) is 36.4 Å². The van der Waals surface area contributed by atoms with E-state index in [4.69, 9.17) is 0 Å². The first kappa shape index (κ1) is 14.7. The van der Waals surface area contributed by atoms with Crippen molar-refractivity contribution in [3.05, 3.63) is 72.4 Å². The number of likely N-dealkylation sites (N-methyl/N-ethyl adjacent to an activating group) is 1. The molecule has 3 aromatic carbocycles. The fourth-order valence-corrected chi connectivity index (χ4v) is 4.36. The van der Waals surface area contributed by atoms with Crippen LogP contribution in [0.25, 0.3) is 49.9 Å². The highest BCUT2D eigenvalue weighted by molar-refractivity contribution is 6.09. The predicted molar refractivity (Wildman–Crippen MR) is 115 cm³/mol. The molecule has 0 saturated carbocycles. The number of para-hydroxylation sites is 1. The number of hydrogen-bond donors (Lipinski definition) is 2. The molecule has 3 heteroatoms. The number of hydrogen-bond acceptors (Lipinski definition) is 1. The average molecular weight is 349 g/mol. The fraction of sp³-hybridized carbons (Fsp3) is 0.0833. The monoisotopic (exact) mass is 349 g/mol. The molecule has 0 unspecified atom stereocenters. The van der Waals surface area contributed by atoms with E-state index in [1.165, 1.54) is 55.2 Å². The molecule has 0 fully saturated rings. The Morgan fingerprint density at radius 3 is 2.30 bits per heavy atom. The molecule has 1 aliphatic heterocycles.